The van der Waals surface area contributed by atoms with Crippen LogP contribution in [0.3, 0.4) is 0 Å². The van der Waals surface area contributed by atoms with E-state index >= 15 is 0 Å². The Balaban J connectivity index is 1.33. The van der Waals surface area contributed by atoms with E-state index in [1.54, 1.807) is 0 Å². The van der Waals surface area contributed by atoms with Crippen LogP contribution in [0.25, 0.3) is 87.3 Å². The van der Waals surface area contributed by atoms with E-state index in [1.807, 2.05) is 47.7 Å². The fourth-order valence-electron chi connectivity index (χ4n) is 6.79. The van der Waals surface area contributed by atoms with E-state index in [0.29, 0.717) is 17.6 Å². The minimum Gasteiger partial charge on any atom is -0.317 e. The lowest BCUT2D eigenvalue weighted by Gasteiger charge is -2.11. The molecule has 0 amide bonds. The number of aromatic nitrogens is 5. The highest BCUT2D eigenvalue weighted by molar-refractivity contribution is 7.25. The molecule has 6 aromatic carbocycles. The zero-order valence-electron chi connectivity index (χ0n) is 25.1. The first-order chi connectivity index (χ1) is 23.3. The Labute approximate surface area is 273 Å². The van der Waals surface area contributed by atoms with Crippen molar-refractivity contribution in [1.82, 2.24) is 24.1 Å². The summed E-state index contributed by atoms with van der Waals surface area (Å²) in [4.78, 5) is 15.3. The summed E-state index contributed by atoms with van der Waals surface area (Å²) >= 11 is 1.82. The molecule has 0 aliphatic rings. The third-order valence-corrected chi connectivity index (χ3v) is 10.1. The summed E-state index contributed by atoms with van der Waals surface area (Å²) in [6.07, 6.45) is 2.15. The molecule has 0 N–H and O–H groups in total. The highest BCUT2D eigenvalue weighted by Gasteiger charge is 2.21. The molecule has 0 aliphatic heterocycles. The van der Waals surface area contributed by atoms with Crippen molar-refractivity contribution in [1.29, 1.82) is 0 Å². The van der Waals surface area contributed by atoms with E-state index in [9.17, 15) is 0 Å². The second kappa shape index (κ2) is 10.2. The van der Waals surface area contributed by atoms with Gasteiger partial charge >= 0.3 is 0 Å². The van der Waals surface area contributed by atoms with Gasteiger partial charge in [0.1, 0.15) is 0 Å². The van der Waals surface area contributed by atoms with Gasteiger partial charge in [-0.25, -0.2) is 4.98 Å². The molecular formula is C41H25N5S. The number of benzene rings is 6. The molecular weight excluding hydrogens is 595 g/mol. The van der Waals surface area contributed by atoms with E-state index in [1.165, 1.54) is 25.6 Å². The molecule has 0 bridgehead atoms. The van der Waals surface area contributed by atoms with Crippen LogP contribution < -0.4 is 0 Å². The largest absolute Gasteiger partial charge is 0.317 e. The predicted octanol–water partition coefficient (Wildman–Crippen LogP) is 10.6. The van der Waals surface area contributed by atoms with Crippen LogP contribution in [-0.4, -0.2) is 24.1 Å². The van der Waals surface area contributed by atoms with Gasteiger partial charge in [-0.15, -0.1) is 11.3 Å². The van der Waals surface area contributed by atoms with Gasteiger partial charge in [-0.2, -0.15) is 9.97 Å². The van der Waals surface area contributed by atoms with Gasteiger partial charge < -0.3 is 4.57 Å². The van der Waals surface area contributed by atoms with Gasteiger partial charge in [0.05, 0.1) is 16.6 Å². The highest BCUT2D eigenvalue weighted by atomic mass is 32.1. The lowest BCUT2D eigenvalue weighted by atomic mass is 10.1. The number of hydrogen-bond acceptors (Lipinski definition) is 4. The number of rotatable bonds is 4. The van der Waals surface area contributed by atoms with Crippen molar-refractivity contribution in [2.45, 2.75) is 0 Å². The van der Waals surface area contributed by atoms with Crippen LogP contribution in [-0.2, 0) is 0 Å². The standard InChI is InChI=1S/C41H25N5S/c1-4-12-26(13-5-1)39-42-40(27-14-6-2-7-15-27)44-41(43-39)46-35-22-28-20-21-45(29-16-8-3-9-17-29)34(28)24-32(35)31-23-33-30-18-10-11-19-37(30)47-38(33)25-36(31)46/h1-25H. The van der Waals surface area contributed by atoms with Crippen LogP contribution in [0, 0.1) is 0 Å². The molecule has 47 heavy (non-hydrogen) atoms. The lowest BCUT2D eigenvalue weighted by molar-refractivity contribution is 0.954. The van der Waals surface area contributed by atoms with E-state index in [2.05, 4.69) is 125 Å². The minimum atomic E-state index is 0.597. The fraction of sp³-hybridized carbons (Fsp3) is 0. The van der Waals surface area contributed by atoms with Crippen molar-refractivity contribution >= 4 is 64.2 Å². The van der Waals surface area contributed by atoms with Crippen molar-refractivity contribution in [3.8, 4) is 34.4 Å². The average Bonchev–Trinajstić information content (AvgIpc) is 3.81. The Bertz CT molecular complexity index is 2720. The maximum Gasteiger partial charge on any atom is 0.238 e. The summed E-state index contributed by atoms with van der Waals surface area (Å²) in [5, 5.41) is 6.02. The quantitative estimate of drug-likeness (QED) is 0.197. The molecule has 4 aromatic heterocycles. The first kappa shape index (κ1) is 26.1. The molecule has 0 unspecified atom stereocenters. The predicted molar refractivity (Wildman–Crippen MR) is 195 cm³/mol. The van der Waals surface area contributed by atoms with Crippen molar-refractivity contribution in [2.24, 2.45) is 0 Å². The smallest absolute Gasteiger partial charge is 0.238 e. The van der Waals surface area contributed by atoms with E-state index in [-0.39, 0.29) is 0 Å². The fourth-order valence-corrected chi connectivity index (χ4v) is 7.91. The molecule has 10 rings (SSSR count). The minimum absolute atomic E-state index is 0.597. The average molecular weight is 620 g/mol. The Kier molecular flexibility index (Phi) is 5.68. The second-order valence-electron chi connectivity index (χ2n) is 11.8. The molecule has 5 nitrogen and oxygen atoms in total. The third kappa shape index (κ3) is 4.12. The third-order valence-electron chi connectivity index (χ3n) is 9.00. The molecule has 0 aliphatic carbocycles. The first-order valence-corrected chi connectivity index (χ1v) is 16.4. The zero-order valence-corrected chi connectivity index (χ0v) is 25.9. The SMILES string of the molecule is c1ccc(-c2nc(-c3ccccc3)nc(-n3c4cc5ccn(-c6ccccc6)c5cc4c4cc5c(cc43)sc3ccccc35)n2)cc1. The number of nitrogens with zero attached hydrogens (tertiary/aromatic N) is 5. The van der Waals surface area contributed by atoms with Gasteiger partial charge in [0.2, 0.25) is 5.95 Å². The van der Waals surface area contributed by atoms with Gasteiger partial charge in [0.15, 0.2) is 11.6 Å². The molecule has 0 saturated heterocycles. The summed E-state index contributed by atoms with van der Waals surface area (Å²) in [5.74, 6) is 1.88. The lowest BCUT2D eigenvalue weighted by Crippen LogP contribution is -2.06. The van der Waals surface area contributed by atoms with E-state index < -0.39 is 0 Å². The Hall–Kier alpha value is -6.11. The first-order valence-electron chi connectivity index (χ1n) is 15.6. The van der Waals surface area contributed by atoms with Gasteiger partial charge in [-0.1, -0.05) is 97.1 Å². The van der Waals surface area contributed by atoms with Gasteiger partial charge in [0.25, 0.3) is 0 Å². The van der Waals surface area contributed by atoms with Gasteiger partial charge in [-0.05, 0) is 48.5 Å². The zero-order chi connectivity index (χ0) is 30.9. The molecule has 0 atom stereocenters. The van der Waals surface area contributed by atoms with E-state index in [4.69, 9.17) is 15.0 Å². The number of thiophene rings is 1. The summed E-state index contributed by atoms with van der Waals surface area (Å²) in [6, 6.07) is 51.0. The van der Waals surface area contributed by atoms with Crippen LogP contribution in [0.4, 0.5) is 0 Å². The summed E-state index contributed by atoms with van der Waals surface area (Å²) in [7, 11) is 0. The van der Waals surface area contributed by atoms with Crippen LogP contribution in [0.2, 0.25) is 0 Å². The van der Waals surface area contributed by atoms with E-state index in [0.717, 1.165) is 44.1 Å². The Morgan fingerprint density at radius 2 is 1.06 bits per heavy atom. The molecule has 0 saturated carbocycles. The summed E-state index contributed by atoms with van der Waals surface area (Å²) < 4.78 is 7.01. The molecule has 0 radical (unpaired) electrons. The van der Waals surface area contributed by atoms with Gasteiger partial charge in [-0.3, -0.25) is 4.57 Å². The Morgan fingerprint density at radius 1 is 0.447 bits per heavy atom. The van der Waals surface area contributed by atoms with Crippen LogP contribution in [0.15, 0.2) is 152 Å². The molecule has 0 fully saturated rings. The topological polar surface area (TPSA) is 48.5 Å². The van der Waals surface area contributed by atoms with Crippen LogP contribution in [0.5, 0.6) is 0 Å². The molecule has 10 aromatic rings. The Morgan fingerprint density at radius 3 is 1.79 bits per heavy atom. The van der Waals surface area contributed by atoms with Crippen molar-refractivity contribution < 1.29 is 0 Å². The normalized spacial score (nSPS) is 11.8. The molecule has 4 heterocycles. The summed E-state index contributed by atoms with van der Waals surface area (Å²) in [5.41, 5.74) is 6.32. The van der Waals surface area contributed by atoms with Crippen molar-refractivity contribution in [3.05, 3.63) is 152 Å². The van der Waals surface area contributed by atoms with Gasteiger partial charge in [0, 0.05) is 59.3 Å². The number of hydrogen-bond donors (Lipinski definition) is 0. The monoisotopic (exact) mass is 619 g/mol. The molecule has 0 spiro atoms. The van der Waals surface area contributed by atoms with Crippen LogP contribution >= 0.6 is 11.3 Å². The highest BCUT2D eigenvalue weighted by Crippen LogP contribution is 2.41. The second-order valence-corrected chi connectivity index (χ2v) is 12.8. The maximum absolute atomic E-state index is 5.17. The van der Waals surface area contributed by atoms with Crippen LogP contribution in [0.1, 0.15) is 0 Å². The van der Waals surface area contributed by atoms with Crippen molar-refractivity contribution in [3.63, 3.8) is 0 Å². The maximum atomic E-state index is 5.17. The molecule has 220 valence electrons. The number of fused-ring (bicyclic) bond motifs is 7. The number of para-hydroxylation sites is 1. The van der Waals surface area contributed by atoms with Crippen molar-refractivity contribution in [2.75, 3.05) is 0 Å². The molecule has 6 heteroatoms. The summed E-state index contributed by atoms with van der Waals surface area (Å²) in [6.45, 7) is 0.